The number of rotatable bonds is 6. The lowest BCUT2D eigenvalue weighted by atomic mass is 10.0. The van der Waals surface area contributed by atoms with Crippen LogP contribution in [0.2, 0.25) is 0 Å². The van der Waals surface area contributed by atoms with Crippen LogP contribution in [-0.4, -0.2) is 85.3 Å². The molecule has 0 aliphatic carbocycles. The number of carbonyl (C=O) groups excluding carboxylic acids is 1. The number of nitrogens with one attached hydrogen (secondary N) is 1. The molecule has 2 amide bonds. The first kappa shape index (κ1) is 19.7. The standard InChI is InChI=1S/C19H32N4O2/c1-15(2)17-7-5-6-8-18(17)20-19(25)22(4)13-16(24)14-23-11-9-21(3)10-12-23/h5-8,15-16,24H,9-14H2,1-4H3,(H,20,25). The molecule has 6 nitrogen and oxygen atoms in total. The number of aliphatic hydroxyl groups excluding tert-OH is 1. The average Bonchev–Trinajstić information content (AvgIpc) is 2.57. The topological polar surface area (TPSA) is 59.1 Å². The minimum Gasteiger partial charge on any atom is -0.390 e. The third kappa shape index (κ3) is 5.99. The van der Waals surface area contributed by atoms with E-state index in [4.69, 9.17) is 0 Å². The maximum atomic E-state index is 12.4. The van der Waals surface area contributed by atoms with E-state index >= 15 is 0 Å². The molecule has 140 valence electrons. The molecule has 1 saturated heterocycles. The molecule has 0 radical (unpaired) electrons. The number of hydrogen-bond donors (Lipinski definition) is 2. The number of carbonyl (C=O) groups is 1. The zero-order valence-electron chi connectivity index (χ0n) is 15.9. The van der Waals surface area contributed by atoms with Crippen molar-refractivity contribution in [2.24, 2.45) is 0 Å². The Hall–Kier alpha value is -1.63. The van der Waals surface area contributed by atoms with Gasteiger partial charge in [0.15, 0.2) is 0 Å². The van der Waals surface area contributed by atoms with E-state index < -0.39 is 6.10 Å². The molecule has 0 aromatic heterocycles. The first-order valence-electron chi connectivity index (χ1n) is 9.06. The van der Waals surface area contributed by atoms with Crippen LogP contribution in [0, 0.1) is 0 Å². The molecule has 1 heterocycles. The van der Waals surface area contributed by atoms with Crippen LogP contribution in [0.15, 0.2) is 24.3 Å². The van der Waals surface area contributed by atoms with Gasteiger partial charge in [-0.1, -0.05) is 32.0 Å². The highest BCUT2D eigenvalue weighted by molar-refractivity contribution is 5.90. The second-order valence-electron chi connectivity index (χ2n) is 7.31. The van der Waals surface area contributed by atoms with Crippen LogP contribution >= 0.6 is 0 Å². The summed E-state index contributed by atoms with van der Waals surface area (Å²) in [5.74, 6) is 0.338. The van der Waals surface area contributed by atoms with E-state index in [0.29, 0.717) is 19.0 Å². The van der Waals surface area contributed by atoms with E-state index in [0.717, 1.165) is 37.4 Å². The first-order chi connectivity index (χ1) is 11.9. The van der Waals surface area contributed by atoms with Crippen molar-refractivity contribution in [2.45, 2.75) is 25.9 Å². The summed E-state index contributed by atoms with van der Waals surface area (Å²) in [5, 5.41) is 13.3. The molecule has 1 atom stereocenters. The molecule has 1 aromatic carbocycles. The molecule has 6 heteroatoms. The van der Waals surface area contributed by atoms with Crippen molar-refractivity contribution in [3.8, 4) is 0 Å². The van der Waals surface area contributed by atoms with Gasteiger partial charge in [0.2, 0.25) is 0 Å². The molecule has 25 heavy (non-hydrogen) atoms. The predicted molar refractivity (Wildman–Crippen MR) is 102 cm³/mol. The summed E-state index contributed by atoms with van der Waals surface area (Å²) in [7, 11) is 3.83. The smallest absolute Gasteiger partial charge is 0.321 e. The molecule has 1 aromatic rings. The van der Waals surface area contributed by atoms with Gasteiger partial charge in [-0.3, -0.25) is 4.90 Å². The summed E-state index contributed by atoms with van der Waals surface area (Å²) in [6, 6.07) is 7.66. The first-order valence-corrected chi connectivity index (χ1v) is 9.06. The highest BCUT2D eigenvalue weighted by Gasteiger charge is 2.20. The highest BCUT2D eigenvalue weighted by Crippen LogP contribution is 2.23. The Morgan fingerprint density at radius 3 is 2.52 bits per heavy atom. The number of urea groups is 1. The fraction of sp³-hybridized carbons (Fsp3) is 0.632. The second-order valence-corrected chi connectivity index (χ2v) is 7.31. The van der Waals surface area contributed by atoms with Crippen LogP contribution in [0.4, 0.5) is 10.5 Å². The van der Waals surface area contributed by atoms with Crippen molar-refractivity contribution < 1.29 is 9.90 Å². The van der Waals surface area contributed by atoms with Crippen LogP contribution < -0.4 is 5.32 Å². The van der Waals surface area contributed by atoms with Gasteiger partial charge in [0.1, 0.15) is 0 Å². The SMILES string of the molecule is CC(C)c1ccccc1NC(=O)N(C)CC(O)CN1CCN(C)CC1. The van der Waals surface area contributed by atoms with E-state index in [2.05, 4.69) is 36.0 Å². The van der Waals surface area contributed by atoms with Gasteiger partial charge in [-0.2, -0.15) is 0 Å². The van der Waals surface area contributed by atoms with Gasteiger partial charge >= 0.3 is 6.03 Å². The van der Waals surface area contributed by atoms with Crippen molar-refractivity contribution in [1.82, 2.24) is 14.7 Å². The Balaban J connectivity index is 1.83. The Labute approximate surface area is 151 Å². The average molecular weight is 348 g/mol. The fourth-order valence-corrected chi connectivity index (χ4v) is 3.11. The molecule has 1 aliphatic rings. The van der Waals surface area contributed by atoms with E-state index in [9.17, 15) is 9.90 Å². The number of aliphatic hydroxyl groups is 1. The quantitative estimate of drug-likeness (QED) is 0.824. The van der Waals surface area contributed by atoms with E-state index in [1.165, 1.54) is 0 Å². The predicted octanol–water partition coefficient (Wildman–Crippen LogP) is 1.88. The molecule has 0 bridgehead atoms. The van der Waals surface area contributed by atoms with Gasteiger partial charge in [0.25, 0.3) is 0 Å². The number of amides is 2. The van der Waals surface area contributed by atoms with Gasteiger partial charge in [0.05, 0.1) is 6.10 Å². The van der Waals surface area contributed by atoms with E-state index in [1.54, 1.807) is 11.9 Å². The van der Waals surface area contributed by atoms with Gasteiger partial charge < -0.3 is 20.2 Å². The lowest BCUT2D eigenvalue weighted by molar-refractivity contribution is 0.0670. The molecule has 1 fully saturated rings. The summed E-state index contributed by atoms with van der Waals surface area (Å²) in [6.45, 7) is 9.11. The summed E-state index contributed by atoms with van der Waals surface area (Å²) in [4.78, 5) is 18.5. The van der Waals surface area contributed by atoms with Gasteiger partial charge in [-0.25, -0.2) is 4.79 Å². The number of hydrogen-bond acceptors (Lipinski definition) is 4. The van der Waals surface area contributed by atoms with Crippen molar-refractivity contribution in [1.29, 1.82) is 0 Å². The largest absolute Gasteiger partial charge is 0.390 e. The zero-order chi connectivity index (χ0) is 18.4. The van der Waals surface area contributed by atoms with Crippen molar-refractivity contribution in [2.75, 3.05) is 58.7 Å². The molecule has 2 rings (SSSR count). The Kier molecular flexibility index (Phi) is 7.23. The third-order valence-electron chi connectivity index (χ3n) is 4.72. The second kappa shape index (κ2) is 9.17. The minimum atomic E-state index is -0.542. The molecule has 1 unspecified atom stereocenters. The van der Waals surface area contributed by atoms with E-state index in [1.807, 2.05) is 24.3 Å². The number of β-amino-alcohol motifs (C(OH)–C–C–N with tert-alkyl or cyclic N) is 1. The minimum absolute atomic E-state index is 0.189. The van der Waals surface area contributed by atoms with Gasteiger partial charge in [0, 0.05) is 52.0 Å². The monoisotopic (exact) mass is 348 g/mol. The normalized spacial score (nSPS) is 17.5. The molecule has 2 N–H and O–H groups in total. The van der Waals surface area contributed by atoms with Crippen LogP contribution in [0.25, 0.3) is 0 Å². The van der Waals surface area contributed by atoms with Crippen LogP contribution in [0.1, 0.15) is 25.3 Å². The van der Waals surface area contributed by atoms with Gasteiger partial charge in [-0.05, 0) is 24.6 Å². The Bertz CT molecular complexity index is 556. The van der Waals surface area contributed by atoms with Crippen molar-refractivity contribution in [3.63, 3.8) is 0 Å². The number of likely N-dealkylation sites (N-methyl/N-ethyl adjacent to an activating group) is 2. The molecular weight excluding hydrogens is 316 g/mol. The molecular formula is C19H32N4O2. The number of piperazine rings is 1. The third-order valence-corrected chi connectivity index (χ3v) is 4.72. The molecule has 0 saturated carbocycles. The molecule has 0 spiro atoms. The summed E-state index contributed by atoms with van der Waals surface area (Å²) in [5.41, 5.74) is 1.95. The Morgan fingerprint density at radius 2 is 1.88 bits per heavy atom. The summed E-state index contributed by atoms with van der Waals surface area (Å²) in [6.07, 6.45) is -0.542. The lowest BCUT2D eigenvalue weighted by Gasteiger charge is -2.34. The van der Waals surface area contributed by atoms with Crippen LogP contribution in [-0.2, 0) is 0 Å². The lowest BCUT2D eigenvalue weighted by Crippen LogP contribution is -2.49. The van der Waals surface area contributed by atoms with E-state index in [-0.39, 0.29) is 6.03 Å². The van der Waals surface area contributed by atoms with Crippen LogP contribution in [0.3, 0.4) is 0 Å². The molecule has 1 aliphatic heterocycles. The fourth-order valence-electron chi connectivity index (χ4n) is 3.11. The zero-order valence-corrected chi connectivity index (χ0v) is 15.9. The summed E-state index contributed by atoms with van der Waals surface area (Å²) < 4.78 is 0. The van der Waals surface area contributed by atoms with Crippen molar-refractivity contribution >= 4 is 11.7 Å². The number of nitrogens with zero attached hydrogens (tertiary/aromatic N) is 3. The Morgan fingerprint density at radius 1 is 1.24 bits per heavy atom. The maximum absolute atomic E-state index is 12.4. The maximum Gasteiger partial charge on any atom is 0.321 e. The summed E-state index contributed by atoms with van der Waals surface area (Å²) >= 11 is 0. The highest BCUT2D eigenvalue weighted by atomic mass is 16.3. The number of benzene rings is 1. The number of anilines is 1. The van der Waals surface area contributed by atoms with Crippen LogP contribution in [0.5, 0.6) is 0 Å². The number of para-hydroxylation sites is 1. The van der Waals surface area contributed by atoms with Gasteiger partial charge in [-0.15, -0.1) is 0 Å². The van der Waals surface area contributed by atoms with Crippen molar-refractivity contribution in [3.05, 3.63) is 29.8 Å².